The SMILES string of the molecule is CCCCCCCCCCCCCCCCC(C)(C)N.[B]C#N. The van der Waals surface area contributed by atoms with E-state index >= 15 is 0 Å². The molecule has 0 amide bonds. The van der Waals surface area contributed by atoms with Crippen LogP contribution >= 0.6 is 0 Å². The van der Waals surface area contributed by atoms with Crippen molar-refractivity contribution in [2.45, 2.75) is 123 Å². The molecule has 0 fully saturated rings. The molecule has 0 saturated heterocycles. The van der Waals surface area contributed by atoms with Crippen molar-refractivity contribution < 1.29 is 0 Å². The van der Waals surface area contributed by atoms with Crippen molar-refractivity contribution in [1.82, 2.24) is 0 Å². The van der Waals surface area contributed by atoms with Gasteiger partial charge in [0.1, 0.15) is 0 Å². The Morgan fingerprint density at radius 1 is 0.739 bits per heavy atom. The monoisotopic (exact) mass is 320 g/mol. The van der Waals surface area contributed by atoms with Gasteiger partial charge in [-0.1, -0.05) is 96.8 Å². The van der Waals surface area contributed by atoms with E-state index in [0.717, 1.165) is 0 Å². The maximum Gasteiger partial charge on any atom is 0.229 e. The molecule has 3 heteroatoms. The van der Waals surface area contributed by atoms with Gasteiger partial charge in [0.15, 0.2) is 0 Å². The fraction of sp³-hybridized carbons (Fsp3) is 0.950. The van der Waals surface area contributed by atoms with Crippen LogP contribution in [0.1, 0.15) is 117 Å². The third-order valence-electron chi connectivity index (χ3n) is 4.17. The molecule has 134 valence electrons. The molecule has 0 unspecified atom stereocenters. The Labute approximate surface area is 148 Å². The van der Waals surface area contributed by atoms with Crippen molar-refractivity contribution in [2.24, 2.45) is 5.73 Å². The smallest absolute Gasteiger partial charge is 0.229 e. The predicted molar refractivity (Wildman–Crippen MR) is 105 cm³/mol. The van der Waals surface area contributed by atoms with Gasteiger partial charge in [-0.3, -0.25) is 0 Å². The molecule has 0 saturated carbocycles. The van der Waals surface area contributed by atoms with Gasteiger partial charge in [-0.25, -0.2) is 5.26 Å². The van der Waals surface area contributed by atoms with E-state index in [4.69, 9.17) is 11.0 Å². The standard InChI is InChI=1S/C19H41N.CBN/c1-4-5-6-7-8-9-10-11-12-13-14-15-16-17-18-19(2,3)20;2-1-3/h4-18,20H2,1-3H3;. The number of nitriles is 1. The summed E-state index contributed by atoms with van der Waals surface area (Å²) in [6, 6.07) is 0. The number of rotatable bonds is 15. The Bertz CT molecular complexity index is 253. The molecular formula is C20H41BN2. The van der Waals surface area contributed by atoms with E-state index in [0.29, 0.717) is 0 Å². The van der Waals surface area contributed by atoms with Crippen molar-refractivity contribution in [2.75, 3.05) is 0 Å². The van der Waals surface area contributed by atoms with Crippen LogP contribution in [0.25, 0.3) is 0 Å². The fourth-order valence-corrected chi connectivity index (χ4v) is 2.78. The summed E-state index contributed by atoms with van der Waals surface area (Å²) in [5.74, 6) is 1.25. The minimum atomic E-state index is 0.0388. The van der Waals surface area contributed by atoms with Gasteiger partial charge >= 0.3 is 0 Å². The van der Waals surface area contributed by atoms with Crippen LogP contribution in [0.15, 0.2) is 0 Å². The van der Waals surface area contributed by atoms with Gasteiger partial charge in [0, 0.05) is 5.54 Å². The lowest BCUT2D eigenvalue weighted by Crippen LogP contribution is -2.31. The Morgan fingerprint density at radius 3 is 1.26 bits per heavy atom. The Morgan fingerprint density at radius 2 is 1.00 bits per heavy atom. The van der Waals surface area contributed by atoms with E-state index in [2.05, 4.69) is 28.6 Å². The molecule has 0 spiro atoms. The van der Waals surface area contributed by atoms with Crippen molar-refractivity contribution in [3.05, 3.63) is 0 Å². The van der Waals surface area contributed by atoms with Crippen LogP contribution in [0, 0.1) is 11.2 Å². The van der Waals surface area contributed by atoms with E-state index in [1.165, 1.54) is 102 Å². The van der Waals surface area contributed by atoms with E-state index in [1.54, 1.807) is 0 Å². The number of hydrogen-bond donors (Lipinski definition) is 1. The minimum Gasteiger partial charge on any atom is -0.326 e. The van der Waals surface area contributed by atoms with Gasteiger partial charge in [-0.2, -0.15) is 0 Å². The lowest BCUT2D eigenvalue weighted by Gasteiger charge is -2.17. The number of hydrogen-bond acceptors (Lipinski definition) is 2. The predicted octanol–water partition coefficient (Wildman–Crippen LogP) is 6.23. The summed E-state index contributed by atoms with van der Waals surface area (Å²) in [7, 11) is 4.15. The molecule has 0 aromatic rings. The normalized spacial score (nSPS) is 10.7. The summed E-state index contributed by atoms with van der Waals surface area (Å²) in [5, 5.41) is 7.10. The number of unbranched alkanes of at least 4 members (excludes halogenated alkanes) is 13. The summed E-state index contributed by atoms with van der Waals surface area (Å²) in [6.45, 7) is 6.56. The second-order valence-corrected chi connectivity index (χ2v) is 7.46. The molecule has 2 N–H and O–H groups in total. The Hall–Kier alpha value is -0.485. The molecule has 0 aromatic carbocycles. The third kappa shape index (κ3) is 30.0. The maximum atomic E-state index is 7.10. The highest BCUT2D eigenvalue weighted by atomic mass is 14.7. The van der Waals surface area contributed by atoms with Crippen LogP contribution in [-0.2, 0) is 0 Å². The van der Waals surface area contributed by atoms with Gasteiger partial charge < -0.3 is 5.73 Å². The lowest BCUT2D eigenvalue weighted by molar-refractivity contribution is 0.440. The van der Waals surface area contributed by atoms with Crippen LogP contribution < -0.4 is 5.73 Å². The molecular weight excluding hydrogens is 279 g/mol. The Kier molecular flexibility index (Phi) is 21.1. The molecule has 0 aromatic heterocycles. The number of nitrogens with two attached hydrogens (primary N) is 1. The molecule has 23 heavy (non-hydrogen) atoms. The molecule has 0 aliphatic heterocycles. The summed E-state index contributed by atoms with van der Waals surface area (Å²) in [5.41, 5.74) is 6.02. The number of nitrogens with zero attached hydrogens (tertiary/aromatic N) is 1. The molecule has 0 bridgehead atoms. The summed E-state index contributed by atoms with van der Waals surface area (Å²) in [6.07, 6.45) is 21.2. The topological polar surface area (TPSA) is 49.8 Å². The van der Waals surface area contributed by atoms with Crippen molar-refractivity contribution >= 4 is 7.85 Å². The zero-order valence-corrected chi connectivity index (χ0v) is 16.2. The molecule has 0 atom stereocenters. The highest BCUT2D eigenvalue weighted by molar-refractivity contribution is 6.20. The van der Waals surface area contributed by atoms with Crippen LogP contribution in [0.5, 0.6) is 0 Å². The van der Waals surface area contributed by atoms with E-state index in [1.807, 2.05) is 0 Å². The van der Waals surface area contributed by atoms with E-state index < -0.39 is 0 Å². The molecule has 2 nitrogen and oxygen atoms in total. The molecule has 0 aliphatic rings. The average molecular weight is 320 g/mol. The van der Waals surface area contributed by atoms with Crippen LogP contribution in [0.4, 0.5) is 0 Å². The van der Waals surface area contributed by atoms with Crippen molar-refractivity contribution in [3.8, 4) is 5.97 Å². The highest BCUT2D eigenvalue weighted by Gasteiger charge is 2.08. The van der Waals surface area contributed by atoms with E-state index in [9.17, 15) is 0 Å². The second-order valence-electron chi connectivity index (χ2n) is 7.46. The summed E-state index contributed by atoms with van der Waals surface area (Å²) >= 11 is 0. The van der Waals surface area contributed by atoms with Gasteiger partial charge in [-0.15, -0.1) is 0 Å². The van der Waals surface area contributed by atoms with E-state index in [-0.39, 0.29) is 5.54 Å². The van der Waals surface area contributed by atoms with Gasteiger partial charge in [0.2, 0.25) is 7.85 Å². The average Bonchev–Trinajstić information content (AvgIpc) is 2.47. The molecule has 0 aliphatic carbocycles. The van der Waals surface area contributed by atoms with Crippen LogP contribution in [0.2, 0.25) is 0 Å². The zero-order valence-electron chi connectivity index (χ0n) is 16.2. The van der Waals surface area contributed by atoms with Gasteiger partial charge in [0.05, 0.1) is 0 Å². The van der Waals surface area contributed by atoms with Gasteiger partial charge in [-0.05, 0) is 26.2 Å². The Balaban J connectivity index is 0. The summed E-state index contributed by atoms with van der Waals surface area (Å²) in [4.78, 5) is 0. The molecule has 0 heterocycles. The van der Waals surface area contributed by atoms with Crippen LogP contribution in [0.3, 0.4) is 0 Å². The van der Waals surface area contributed by atoms with Crippen LogP contribution in [-0.4, -0.2) is 13.4 Å². The van der Waals surface area contributed by atoms with Gasteiger partial charge in [0.25, 0.3) is 0 Å². The second kappa shape index (κ2) is 19.6. The quantitative estimate of drug-likeness (QED) is 0.287. The summed E-state index contributed by atoms with van der Waals surface area (Å²) < 4.78 is 0. The van der Waals surface area contributed by atoms with Crippen molar-refractivity contribution in [1.29, 1.82) is 5.26 Å². The maximum absolute atomic E-state index is 7.10. The first kappa shape index (κ1) is 24.8. The highest BCUT2D eigenvalue weighted by Crippen LogP contribution is 2.15. The minimum absolute atomic E-state index is 0.0388. The molecule has 2 radical (unpaired) electrons. The largest absolute Gasteiger partial charge is 0.326 e. The first-order chi connectivity index (χ1) is 11.0. The third-order valence-corrected chi connectivity index (χ3v) is 4.17. The van der Waals surface area contributed by atoms with Crippen molar-refractivity contribution in [3.63, 3.8) is 0 Å². The zero-order chi connectivity index (χ0) is 17.8. The molecule has 0 rings (SSSR count). The lowest BCUT2D eigenvalue weighted by atomic mass is 9.97. The fourth-order valence-electron chi connectivity index (χ4n) is 2.78. The first-order valence-electron chi connectivity index (χ1n) is 9.86. The first-order valence-corrected chi connectivity index (χ1v) is 9.86.